The monoisotopic (exact) mass is 339 g/mol. The summed E-state index contributed by atoms with van der Waals surface area (Å²) in [6, 6.07) is 4.07. The second-order valence-electron chi connectivity index (χ2n) is 6.49. The van der Waals surface area contributed by atoms with Crippen molar-refractivity contribution in [3.63, 3.8) is 0 Å². The van der Waals surface area contributed by atoms with Gasteiger partial charge in [0, 0.05) is 39.4 Å². The van der Waals surface area contributed by atoms with Crippen LogP contribution < -0.4 is 4.90 Å². The van der Waals surface area contributed by atoms with Gasteiger partial charge in [0.05, 0.1) is 24.2 Å². The normalized spacial score (nSPS) is 15.7. The highest BCUT2D eigenvalue weighted by Gasteiger charge is 2.28. The van der Waals surface area contributed by atoms with Crippen LogP contribution in [-0.4, -0.2) is 51.5 Å². The quantitative estimate of drug-likeness (QED) is 0.732. The highest BCUT2D eigenvalue weighted by molar-refractivity contribution is 5.92. The lowest BCUT2D eigenvalue weighted by Crippen LogP contribution is -2.46. The molecule has 7 heteroatoms. The molecule has 0 saturated carbocycles. The van der Waals surface area contributed by atoms with Crippen LogP contribution in [0.4, 0.5) is 5.82 Å². The van der Waals surface area contributed by atoms with Crippen molar-refractivity contribution in [3.05, 3.63) is 42.8 Å². The lowest BCUT2D eigenvalue weighted by Gasteiger charge is -2.37. The van der Waals surface area contributed by atoms with Crippen LogP contribution >= 0.6 is 0 Å². The van der Waals surface area contributed by atoms with E-state index in [4.69, 9.17) is 4.42 Å². The molecule has 0 radical (unpaired) electrons. The molecule has 1 fully saturated rings. The zero-order valence-electron chi connectivity index (χ0n) is 14.4. The van der Waals surface area contributed by atoms with Gasteiger partial charge in [-0.3, -0.25) is 4.79 Å². The van der Waals surface area contributed by atoms with Crippen LogP contribution in [0.5, 0.6) is 0 Å². The number of hydrogen-bond acceptors (Lipinski definition) is 5. The molecule has 0 atom stereocenters. The first kappa shape index (κ1) is 15.7. The number of aryl methyl sites for hydroxylation is 1. The number of furan rings is 1. The Bertz CT molecular complexity index is 892. The van der Waals surface area contributed by atoms with Crippen LogP contribution in [0.1, 0.15) is 23.3 Å². The Hall–Kier alpha value is -2.83. The maximum absolute atomic E-state index is 12.6. The van der Waals surface area contributed by atoms with Gasteiger partial charge in [0.1, 0.15) is 17.1 Å². The Morgan fingerprint density at radius 2 is 2.12 bits per heavy atom. The second kappa shape index (κ2) is 6.23. The van der Waals surface area contributed by atoms with Crippen molar-refractivity contribution >= 4 is 22.7 Å². The van der Waals surface area contributed by atoms with Crippen molar-refractivity contribution < 1.29 is 9.21 Å². The third-order valence-electron chi connectivity index (χ3n) is 5.03. The van der Waals surface area contributed by atoms with Crippen molar-refractivity contribution in [1.29, 1.82) is 0 Å². The molecular weight excluding hydrogens is 318 g/mol. The molecule has 1 amide bonds. The number of rotatable bonds is 3. The molecule has 4 heterocycles. The Kier molecular flexibility index (Phi) is 3.91. The van der Waals surface area contributed by atoms with Crippen LogP contribution in [0, 0.1) is 0 Å². The summed E-state index contributed by atoms with van der Waals surface area (Å²) in [5, 5.41) is 1.04. The fraction of sp³-hybridized carbons (Fsp3) is 0.389. The van der Waals surface area contributed by atoms with Crippen molar-refractivity contribution in [2.45, 2.75) is 18.9 Å². The van der Waals surface area contributed by atoms with E-state index in [1.807, 2.05) is 31.1 Å². The number of nitrogens with zero attached hydrogens (tertiary/aromatic N) is 5. The predicted molar refractivity (Wildman–Crippen MR) is 94.5 cm³/mol. The van der Waals surface area contributed by atoms with Crippen molar-refractivity contribution in [1.82, 2.24) is 19.4 Å². The molecule has 4 rings (SSSR count). The van der Waals surface area contributed by atoms with Gasteiger partial charge in [0.2, 0.25) is 0 Å². The highest BCUT2D eigenvalue weighted by Crippen LogP contribution is 2.28. The molecule has 7 nitrogen and oxygen atoms in total. The van der Waals surface area contributed by atoms with Crippen molar-refractivity contribution in [2.75, 3.05) is 25.0 Å². The second-order valence-corrected chi connectivity index (χ2v) is 6.49. The first-order valence-corrected chi connectivity index (χ1v) is 8.46. The third-order valence-corrected chi connectivity index (χ3v) is 5.03. The Labute approximate surface area is 145 Å². The van der Waals surface area contributed by atoms with Crippen LogP contribution in [0.3, 0.4) is 0 Å². The van der Waals surface area contributed by atoms with Crippen LogP contribution in [0.15, 0.2) is 41.5 Å². The average molecular weight is 339 g/mol. The maximum Gasteiger partial charge on any atom is 0.272 e. The summed E-state index contributed by atoms with van der Waals surface area (Å²) < 4.78 is 7.23. The molecule has 0 N–H and O–H groups in total. The number of anilines is 1. The summed E-state index contributed by atoms with van der Waals surface area (Å²) in [6.07, 6.45) is 8.58. The largest absolute Gasteiger partial charge is 0.464 e. The number of piperidine rings is 1. The number of carbonyl (C=O) groups excluding carboxylic acids is 1. The summed E-state index contributed by atoms with van der Waals surface area (Å²) in [4.78, 5) is 25.3. The summed E-state index contributed by atoms with van der Waals surface area (Å²) in [7, 11) is 3.72. The molecule has 1 aliphatic rings. The third kappa shape index (κ3) is 2.75. The molecule has 3 aromatic rings. The number of carbonyl (C=O) groups is 1. The van der Waals surface area contributed by atoms with E-state index in [2.05, 4.69) is 14.9 Å². The Balaban J connectivity index is 1.45. The van der Waals surface area contributed by atoms with Crippen LogP contribution in [0.25, 0.3) is 11.0 Å². The minimum atomic E-state index is 0.0218. The van der Waals surface area contributed by atoms with E-state index in [-0.39, 0.29) is 11.9 Å². The van der Waals surface area contributed by atoms with Gasteiger partial charge in [-0.2, -0.15) is 0 Å². The van der Waals surface area contributed by atoms with E-state index in [1.165, 1.54) is 0 Å². The van der Waals surface area contributed by atoms with Crippen molar-refractivity contribution in [2.24, 2.45) is 7.05 Å². The fourth-order valence-corrected chi connectivity index (χ4v) is 3.51. The summed E-state index contributed by atoms with van der Waals surface area (Å²) >= 11 is 0. The molecule has 130 valence electrons. The fourth-order valence-electron chi connectivity index (χ4n) is 3.51. The van der Waals surface area contributed by atoms with Crippen LogP contribution in [-0.2, 0) is 7.05 Å². The smallest absolute Gasteiger partial charge is 0.272 e. The number of fused-ring (bicyclic) bond motifs is 1. The molecule has 1 saturated heterocycles. The molecule has 0 aromatic carbocycles. The molecule has 0 bridgehead atoms. The summed E-state index contributed by atoms with van der Waals surface area (Å²) in [5.41, 5.74) is 1.48. The zero-order valence-corrected chi connectivity index (χ0v) is 14.4. The number of imidazole rings is 1. The van der Waals surface area contributed by atoms with Gasteiger partial charge in [-0.1, -0.05) is 0 Å². The van der Waals surface area contributed by atoms with E-state index in [9.17, 15) is 4.79 Å². The minimum absolute atomic E-state index is 0.0218. The molecule has 0 unspecified atom stereocenters. The standard InChI is InChI=1S/C18H21N5O2/c1-21-12-19-11-15(21)18(24)22(2)13-4-8-23(9-5-13)17-14-6-10-25-16(14)3-7-20-17/h3,6-7,10-13H,4-5,8-9H2,1-2H3. The van der Waals surface area contributed by atoms with E-state index in [0.717, 1.165) is 42.7 Å². The van der Waals surface area contributed by atoms with E-state index < -0.39 is 0 Å². The van der Waals surface area contributed by atoms with Crippen molar-refractivity contribution in [3.8, 4) is 0 Å². The first-order valence-electron chi connectivity index (χ1n) is 8.46. The Morgan fingerprint density at radius 3 is 2.84 bits per heavy atom. The molecule has 1 aliphatic heterocycles. The topological polar surface area (TPSA) is 67.4 Å². The van der Waals surface area contributed by atoms with Gasteiger partial charge in [-0.15, -0.1) is 0 Å². The maximum atomic E-state index is 12.6. The van der Waals surface area contributed by atoms with Crippen LogP contribution in [0.2, 0.25) is 0 Å². The van der Waals surface area contributed by atoms with E-state index in [0.29, 0.717) is 5.69 Å². The molecule has 0 aliphatic carbocycles. The van der Waals surface area contributed by atoms with Gasteiger partial charge >= 0.3 is 0 Å². The highest BCUT2D eigenvalue weighted by atomic mass is 16.3. The summed E-state index contributed by atoms with van der Waals surface area (Å²) in [6.45, 7) is 1.73. The first-order chi connectivity index (χ1) is 12.1. The average Bonchev–Trinajstić information content (AvgIpc) is 3.29. The Morgan fingerprint density at radius 1 is 1.32 bits per heavy atom. The predicted octanol–water partition coefficient (Wildman–Crippen LogP) is 2.30. The molecule has 3 aromatic heterocycles. The molecular formula is C18H21N5O2. The number of amides is 1. The van der Waals surface area contributed by atoms with Gasteiger partial charge in [-0.05, 0) is 25.0 Å². The lowest BCUT2D eigenvalue weighted by molar-refractivity contribution is 0.0699. The van der Waals surface area contributed by atoms with Gasteiger partial charge in [0.15, 0.2) is 0 Å². The number of hydrogen-bond donors (Lipinski definition) is 0. The van der Waals surface area contributed by atoms with E-state index in [1.54, 1.807) is 29.6 Å². The zero-order chi connectivity index (χ0) is 17.4. The SMILES string of the molecule is CN(C(=O)c1cncn1C)C1CCN(c2nccc3occc23)CC1. The molecule has 0 spiro atoms. The minimum Gasteiger partial charge on any atom is -0.464 e. The number of aromatic nitrogens is 3. The summed E-state index contributed by atoms with van der Waals surface area (Å²) in [5.74, 6) is 0.985. The van der Waals surface area contributed by atoms with Gasteiger partial charge in [0.25, 0.3) is 5.91 Å². The van der Waals surface area contributed by atoms with Gasteiger partial charge < -0.3 is 18.8 Å². The molecule has 25 heavy (non-hydrogen) atoms. The van der Waals surface area contributed by atoms with Gasteiger partial charge in [-0.25, -0.2) is 9.97 Å². The number of pyridine rings is 1. The lowest BCUT2D eigenvalue weighted by atomic mass is 10.0. The van der Waals surface area contributed by atoms with E-state index >= 15 is 0 Å².